The first-order chi connectivity index (χ1) is 11.1. The van der Waals surface area contributed by atoms with Gasteiger partial charge in [0.1, 0.15) is 5.82 Å². The number of nitrogens with one attached hydrogen (secondary N) is 2. The van der Waals surface area contributed by atoms with E-state index in [0.29, 0.717) is 41.1 Å². The van der Waals surface area contributed by atoms with Gasteiger partial charge in [-0.25, -0.2) is 9.97 Å². The van der Waals surface area contributed by atoms with Crippen LogP contribution in [0.15, 0.2) is 35.3 Å². The average Bonchev–Trinajstić information content (AvgIpc) is 2.92. The molecular weight excluding hydrogens is 312 g/mol. The summed E-state index contributed by atoms with van der Waals surface area (Å²) in [6.07, 6.45) is 3.24. The van der Waals surface area contributed by atoms with Gasteiger partial charge in [0.25, 0.3) is 5.56 Å². The topological polar surface area (TPSA) is 87.7 Å². The fourth-order valence-corrected chi connectivity index (χ4v) is 2.94. The molecule has 0 fully saturated rings. The third kappa shape index (κ3) is 3.81. The van der Waals surface area contributed by atoms with E-state index < -0.39 is 0 Å². The van der Waals surface area contributed by atoms with E-state index in [-0.39, 0.29) is 11.5 Å². The molecule has 1 amide bonds. The molecule has 0 bridgehead atoms. The van der Waals surface area contributed by atoms with Crippen LogP contribution >= 0.6 is 11.3 Å². The highest BCUT2D eigenvalue weighted by atomic mass is 32.1. The van der Waals surface area contributed by atoms with E-state index in [9.17, 15) is 9.59 Å². The van der Waals surface area contributed by atoms with Gasteiger partial charge in [0.05, 0.1) is 10.9 Å². The van der Waals surface area contributed by atoms with Gasteiger partial charge in [0.15, 0.2) is 5.13 Å². The molecule has 0 atom stereocenters. The van der Waals surface area contributed by atoms with Crippen molar-refractivity contribution in [2.24, 2.45) is 0 Å². The summed E-state index contributed by atoms with van der Waals surface area (Å²) in [7, 11) is 0. The number of carbonyl (C=O) groups is 1. The second kappa shape index (κ2) is 6.70. The third-order valence-corrected chi connectivity index (χ3v) is 4.18. The van der Waals surface area contributed by atoms with E-state index >= 15 is 0 Å². The van der Waals surface area contributed by atoms with Crippen LogP contribution in [-0.4, -0.2) is 20.9 Å². The number of nitrogens with zero attached hydrogens (tertiary/aromatic N) is 2. The molecule has 0 aliphatic carbocycles. The number of carbonyl (C=O) groups excluding carboxylic acids is 1. The number of amides is 1. The van der Waals surface area contributed by atoms with Crippen molar-refractivity contribution in [2.75, 3.05) is 5.32 Å². The van der Waals surface area contributed by atoms with E-state index in [1.54, 1.807) is 12.3 Å². The number of anilines is 1. The maximum absolute atomic E-state index is 12.0. The summed E-state index contributed by atoms with van der Waals surface area (Å²) in [5.41, 5.74) is 0.530. The molecule has 0 spiro atoms. The van der Waals surface area contributed by atoms with Crippen LogP contribution in [0.4, 0.5) is 5.13 Å². The van der Waals surface area contributed by atoms with Crippen molar-refractivity contribution in [3.63, 3.8) is 0 Å². The zero-order valence-corrected chi connectivity index (χ0v) is 13.4. The maximum atomic E-state index is 12.0. The molecule has 118 valence electrons. The normalized spacial score (nSPS) is 10.8. The summed E-state index contributed by atoms with van der Waals surface area (Å²) >= 11 is 1.45. The number of benzene rings is 1. The number of aromatic nitrogens is 3. The molecule has 3 rings (SSSR count). The van der Waals surface area contributed by atoms with Gasteiger partial charge in [0, 0.05) is 23.9 Å². The number of para-hydroxylation sites is 1. The number of thiazole rings is 1. The van der Waals surface area contributed by atoms with E-state index in [1.807, 2.05) is 25.1 Å². The maximum Gasteiger partial charge on any atom is 0.258 e. The Morgan fingerprint density at radius 2 is 2.17 bits per heavy atom. The van der Waals surface area contributed by atoms with Gasteiger partial charge in [-0.05, 0) is 25.5 Å². The van der Waals surface area contributed by atoms with Gasteiger partial charge in [-0.15, -0.1) is 11.3 Å². The summed E-state index contributed by atoms with van der Waals surface area (Å²) in [6, 6.07) is 7.21. The van der Waals surface area contributed by atoms with Crippen molar-refractivity contribution >= 4 is 33.3 Å². The highest BCUT2D eigenvalue weighted by molar-refractivity contribution is 7.15. The zero-order valence-electron chi connectivity index (χ0n) is 12.6. The Hall–Kier alpha value is -2.54. The summed E-state index contributed by atoms with van der Waals surface area (Å²) in [5, 5.41) is 3.96. The van der Waals surface area contributed by atoms with Crippen LogP contribution in [0.3, 0.4) is 0 Å². The molecule has 0 aliphatic rings. The van der Waals surface area contributed by atoms with Crippen LogP contribution in [0.1, 0.15) is 23.5 Å². The molecule has 0 radical (unpaired) electrons. The van der Waals surface area contributed by atoms with Crippen LogP contribution in [0, 0.1) is 6.92 Å². The number of rotatable bonds is 5. The second-order valence-electron chi connectivity index (χ2n) is 5.21. The van der Waals surface area contributed by atoms with Gasteiger partial charge in [-0.1, -0.05) is 12.1 Å². The van der Waals surface area contributed by atoms with E-state index in [4.69, 9.17) is 0 Å². The lowest BCUT2D eigenvalue weighted by atomic mass is 10.2. The summed E-state index contributed by atoms with van der Waals surface area (Å²) in [5.74, 6) is 0.522. The van der Waals surface area contributed by atoms with Crippen LogP contribution in [0.2, 0.25) is 0 Å². The zero-order chi connectivity index (χ0) is 16.2. The third-order valence-electron chi connectivity index (χ3n) is 3.35. The van der Waals surface area contributed by atoms with E-state index in [0.717, 1.165) is 4.88 Å². The van der Waals surface area contributed by atoms with Crippen LogP contribution in [0.5, 0.6) is 0 Å². The number of H-pyrrole nitrogens is 1. The predicted octanol–water partition coefficient (Wildman–Crippen LogP) is 2.65. The van der Waals surface area contributed by atoms with Crippen LogP contribution in [-0.2, 0) is 11.2 Å². The lowest BCUT2D eigenvalue weighted by Crippen LogP contribution is -2.14. The Labute approximate surface area is 136 Å². The molecule has 0 saturated carbocycles. The van der Waals surface area contributed by atoms with Gasteiger partial charge in [-0.3, -0.25) is 9.59 Å². The monoisotopic (exact) mass is 328 g/mol. The smallest absolute Gasteiger partial charge is 0.258 e. The Bertz CT molecular complexity index is 900. The average molecular weight is 328 g/mol. The first kappa shape index (κ1) is 15.4. The van der Waals surface area contributed by atoms with Crippen LogP contribution in [0.25, 0.3) is 10.9 Å². The molecule has 2 heterocycles. The molecule has 0 unspecified atom stereocenters. The molecule has 23 heavy (non-hydrogen) atoms. The Balaban J connectivity index is 1.58. The first-order valence-corrected chi connectivity index (χ1v) is 8.14. The summed E-state index contributed by atoms with van der Waals surface area (Å²) < 4.78 is 0. The minimum absolute atomic E-state index is 0.0810. The lowest BCUT2D eigenvalue weighted by Gasteiger charge is -2.03. The number of hydrogen-bond acceptors (Lipinski definition) is 5. The lowest BCUT2D eigenvalue weighted by molar-refractivity contribution is -0.116. The summed E-state index contributed by atoms with van der Waals surface area (Å²) in [6.45, 7) is 1.94. The molecule has 2 aromatic heterocycles. The number of fused-ring (bicyclic) bond motifs is 1. The Morgan fingerprint density at radius 1 is 1.35 bits per heavy atom. The molecule has 3 aromatic rings. The SMILES string of the molecule is Cc1cnc(NC(=O)CCCc2nc3ccccc3c(=O)[nH]2)s1. The first-order valence-electron chi connectivity index (χ1n) is 7.32. The highest BCUT2D eigenvalue weighted by Crippen LogP contribution is 2.16. The van der Waals surface area contributed by atoms with Crippen molar-refractivity contribution in [3.8, 4) is 0 Å². The van der Waals surface area contributed by atoms with Crippen molar-refractivity contribution in [3.05, 3.63) is 51.5 Å². The number of hydrogen-bond donors (Lipinski definition) is 2. The molecule has 6 nitrogen and oxygen atoms in total. The molecule has 2 N–H and O–H groups in total. The Morgan fingerprint density at radius 3 is 2.96 bits per heavy atom. The standard InChI is InChI=1S/C16H16N4O2S/c1-10-9-17-16(23-10)20-14(21)8-4-7-13-18-12-6-3-2-5-11(12)15(22)19-13/h2-3,5-6,9H,4,7-8H2,1H3,(H,17,20,21)(H,18,19,22). The van der Waals surface area contributed by atoms with E-state index in [2.05, 4.69) is 20.3 Å². The summed E-state index contributed by atoms with van der Waals surface area (Å²) in [4.78, 5) is 36.2. The Kier molecular flexibility index (Phi) is 4.47. The molecular formula is C16H16N4O2S. The van der Waals surface area contributed by atoms with Gasteiger partial charge in [-0.2, -0.15) is 0 Å². The number of aromatic amines is 1. The van der Waals surface area contributed by atoms with Gasteiger partial charge >= 0.3 is 0 Å². The minimum atomic E-state index is -0.145. The quantitative estimate of drug-likeness (QED) is 0.753. The molecule has 0 saturated heterocycles. The second-order valence-corrected chi connectivity index (χ2v) is 6.44. The minimum Gasteiger partial charge on any atom is -0.310 e. The van der Waals surface area contributed by atoms with Crippen molar-refractivity contribution in [1.29, 1.82) is 0 Å². The van der Waals surface area contributed by atoms with Crippen LogP contribution < -0.4 is 10.9 Å². The van der Waals surface area contributed by atoms with Crippen molar-refractivity contribution in [1.82, 2.24) is 15.0 Å². The molecule has 7 heteroatoms. The van der Waals surface area contributed by atoms with Crippen molar-refractivity contribution < 1.29 is 4.79 Å². The van der Waals surface area contributed by atoms with E-state index in [1.165, 1.54) is 11.3 Å². The highest BCUT2D eigenvalue weighted by Gasteiger charge is 2.07. The number of aryl methyl sites for hydroxylation is 2. The largest absolute Gasteiger partial charge is 0.310 e. The molecule has 1 aromatic carbocycles. The fraction of sp³-hybridized carbons (Fsp3) is 0.250. The van der Waals surface area contributed by atoms with Crippen molar-refractivity contribution in [2.45, 2.75) is 26.2 Å². The van der Waals surface area contributed by atoms with Gasteiger partial charge in [0.2, 0.25) is 5.91 Å². The predicted molar refractivity (Wildman–Crippen MR) is 90.8 cm³/mol. The molecule has 0 aliphatic heterocycles. The fourth-order valence-electron chi connectivity index (χ4n) is 2.26. The van der Waals surface area contributed by atoms with Gasteiger partial charge < -0.3 is 10.3 Å².